The summed E-state index contributed by atoms with van der Waals surface area (Å²) < 4.78 is 25.9. The van der Waals surface area contributed by atoms with Gasteiger partial charge >= 0.3 is 5.97 Å². The standard InChI is InChI=1S/C8H13F2NO2/c1-8(9,10)6-2-3-11-4-5(6)7(12)13/h5-6,11H,2-4H2,1H3,(H,12,13)/t5-,6+/m0/s1. The van der Waals surface area contributed by atoms with Crippen molar-refractivity contribution in [3.8, 4) is 0 Å². The fraction of sp³-hybridized carbons (Fsp3) is 0.875. The van der Waals surface area contributed by atoms with Gasteiger partial charge in [-0.05, 0) is 19.9 Å². The van der Waals surface area contributed by atoms with Crippen LogP contribution in [0.15, 0.2) is 0 Å². The summed E-state index contributed by atoms with van der Waals surface area (Å²) in [6.07, 6.45) is 0.223. The molecular formula is C8H13F2NO2. The highest BCUT2D eigenvalue weighted by Crippen LogP contribution is 2.34. The van der Waals surface area contributed by atoms with E-state index in [1.165, 1.54) is 0 Å². The number of carbonyl (C=O) groups is 1. The first-order valence-electron chi connectivity index (χ1n) is 4.24. The smallest absolute Gasteiger partial charge is 0.308 e. The lowest BCUT2D eigenvalue weighted by molar-refractivity contribution is -0.153. The Morgan fingerprint density at radius 2 is 2.23 bits per heavy atom. The topological polar surface area (TPSA) is 49.3 Å². The highest BCUT2D eigenvalue weighted by molar-refractivity contribution is 5.71. The molecule has 0 radical (unpaired) electrons. The van der Waals surface area contributed by atoms with Crippen LogP contribution in [0.25, 0.3) is 0 Å². The minimum Gasteiger partial charge on any atom is -0.481 e. The third-order valence-electron chi connectivity index (χ3n) is 2.45. The van der Waals surface area contributed by atoms with Gasteiger partial charge in [-0.3, -0.25) is 4.79 Å². The number of carboxylic acids is 1. The average Bonchev–Trinajstić information content (AvgIpc) is 2.03. The molecule has 0 spiro atoms. The number of piperidine rings is 1. The van der Waals surface area contributed by atoms with E-state index >= 15 is 0 Å². The van der Waals surface area contributed by atoms with E-state index in [0.717, 1.165) is 6.92 Å². The first-order valence-corrected chi connectivity index (χ1v) is 4.24. The Hall–Kier alpha value is -0.710. The second-order valence-electron chi connectivity index (χ2n) is 3.50. The zero-order chi connectivity index (χ0) is 10.1. The largest absolute Gasteiger partial charge is 0.481 e. The molecular weight excluding hydrogens is 180 g/mol. The minimum atomic E-state index is -2.90. The Balaban J connectivity index is 2.73. The highest BCUT2D eigenvalue weighted by atomic mass is 19.3. The maximum absolute atomic E-state index is 12.9. The molecule has 3 nitrogen and oxygen atoms in total. The second-order valence-corrected chi connectivity index (χ2v) is 3.50. The number of aliphatic carboxylic acids is 1. The fourth-order valence-electron chi connectivity index (χ4n) is 1.72. The molecule has 0 amide bonds. The molecule has 1 aliphatic heterocycles. The van der Waals surface area contributed by atoms with E-state index < -0.39 is 23.7 Å². The van der Waals surface area contributed by atoms with E-state index in [2.05, 4.69) is 5.32 Å². The number of halogens is 2. The molecule has 0 saturated carbocycles. The Morgan fingerprint density at radius 1 is 1.62 bits per heavy atom. The summed E-state index contributed by atoms with van der Waals surface area (Å²) in [5.74, 6) is -6.04. The summed E-state index contributed by atoms with van der Waals surface area (Å²) in [6, 6.07) is 0. The molecule has 1 fully saturated rings. The molecule has 1 saturated heterocycles. The van der Waals surface area contributed by atoms with Crippen molar-refractivity contribution in [2.24, 2.45) is 11.8 Å². The Kier molecular flexibility index (Phi) is 2.85. The van der Waals surface area contributed by atoms with Crippen LogP contribution in [-0.4, -0.2) is 30.1 Å². The Bertz CT molecular complexity index is 203. The molecule has 0 aromatic rings. The summed E-state index contributed by atoms with van der Waals surface area (Å²) in [5, 5.41) is 11.5. The van der Waals surface area contributed by atoms with Crippen molar-refractivity contribution < 1.29 is 18.7 Å². The van der Waals surface area contributed by atoms with Crippen LogP contribution in [-0.2, 0) is 4.79 Å². The zero-order valence-corrected chi connectivity index (χ0v) is 7.39. The van der Waals surface area contributed by atoms with Crippen molar-refractivity contribution in [1.29, 1.82) is 0 Å². The normalized spacial score (nSPS) is 30.1. The first-order chi connectivity index (χ1) is 5.93. The first kappa shape index (κ1) is 10.4. The molecule has 76 valence electrons. The van der Waals surface area contributed by atoms with Crippen molar-refractivity contribution in [3.05, 3.63) is 0 Å². The maximum atomic E-state index is 12.9. The van der Waals surface area contributed by atoms with Gasteiger partial charge in [0.2, 0.25) is 5.92 Å². The third kappa shape index (κ3) is 2.37. The zero-order valence-electron chi connectivity index (χ0n) is 7.39. The predicted molar refractivity (Wildman–Crippen MR) is 42.7 cm³/mol. The van der Waals surface area contributed by atoms with E-state index in [9.17, 15) is 13.6 Å². The van der Waals surface area contributed by atoms with Crippen LogP contribution in [0.5, 0.6) is 0 Å². The summed E-state index contributed by atoms with van der Waals surface area (Å²) in [6.45, 7) is 1.40. The molecule has 13 heavy (non-hydrogen) atoms. The van der Waals surface area contributed by atoms with Gasteiger partial charge in [-0.15, -0.1) is 0 Å². The van der Waals surface area contributed by atoms with Gasteiger partial charge in [0.25, 0.3) is 0 Å². The number of hydrogen-bond acceptors (Lipinski definition) is 2. The van der Waals surface area contributed by atoms with Gasteiger partial charge < -0.3 is 10.4 Å². The molecule has 2 N–H and O–H groups in total. The lowest BCUT2D eigenvalue weighted by Crippen LogP contribution is -2.47. The van der Waals surface area contributed by atoms with E-state index in [1.807, 2.05) is 0 Å². The van der Waals surface area contributed by atoms with Gasteiger partial charge in [0.15, 0.2) is 0 Å². The fourth-order valence-corrected chi connectivity index (χ4v) is 1.72. The molecule has 0 aromatic carbocycles. The van der Waals surface area contributed by atoms with E-state index in [-0.39, 0.29) is 13.0 Å². The van der Waals surface area contributed by atoms with Crippen molar-refractivity contribution in [1.82, 2.24) is 5.32 Å². The molecule has 0 unspecified atom stereocenters. The monoisotopic (exact) mass is 193 g/mol. The average molecular weight is 193 g/mol. The number of rotatable bonds is 2. The molecule has 0 aromatic heterocycles. The Morgan fingerprint density at radius 3 is 2.62 bits per heavy atom. The molecule has 1 heterocycles. The van der Waals surface area contributed by atoms with Crippen LogP contribution >= 0.6 is 0 Å². The Labute approximate surface area is 75.1 Å². The van der Waals surface area contributed by atoms with E-state index in [0.29, 0.717) is 6.54 Å². The minimum absolute atomic E-state index is 0.142. The van der Waals surface area contributed by atoms with Gasteiger partial charge in [0.1, 0.15) is 0 Å². The highest BCUT2D eigenvalue weighted by Gasteiger charge is 2.44. The van der Waals surface area contributed by atoms with Crippen molar-refractivity contribution in [2.45, 2.75) is 19.3 Å². The van der Waals surface area contributed by atoms with Gasteiger partial charge in [0, 0.05) is 12.5 Å². The molecule has 5 heteroatoms. The molecule has 1 rings (SSSR count). The van der Waals surface area contributed by atoms with Crippen LogP contribution in [0.1, 0.15) is 13.3 Å². The molecule has 0 bridgehead atoms. The summed E-state index contributed by atoms with van der Waals surface area (Å²) in [7, 11) is 0. The van der Waals surface area contributed by atoms with Crippen molar-refractivity contribution in [2.75, 3.05) is 13.1 Å². The number of hydrogen-bond donors (Lipinski definition) is 2. The van der Waals surface area contributed by atoms with Crippen molar-refractivity contribution >= 4 is 5.97 Å². The summed E-state index contributed by atoms with van der Waals surface area (Å²) in [5.41, 5.74) is 0. The van der Waals surface area contributed by atoms with Gasteiger partial charge in [-0.2, -0.15) is 0 Å². The third-order valence-corrected chi connectivity index (χ3v) is 2.45. The summed E-state index contributed by atoms with van der Waals surface area (Å²) >= 11 is 0. The lowest BCUT2D eigenvalue weighted by atomic mass is 9.82. The molecule has 0 aliphatic carbocycles. The summed E-state index contributed by atoms with van der Waals surface area (Å²) in [4.78, 5) is 10.6. The molecule has 1 aliphatic rings. The van der Waals surface area contributed by atoms with Gasteiger partial charge in [-0.25, -0.2) is 8.78 Å². The second kappa shape index (κ2) is 3.57. The number of nitrogens with one attached hydrogen (secondary N) is 1. The van der Waals surface area contributed by atoms with Gasteiger partial charge in [0.05, 0.1) is 5.92 Å². The maximum Gasteiger partial charge on any atom is 0.308 e. The molecule has 2 atom stereocenters. The van der Waals surface area contributed by atoms with Crippen LogP contribution in [0.4, 0.5) is 8.78 Å². The predicted octanol–water partition coefficient (Wildman–Crippen LogP) is 0.952. The quantitative estimate of drug-likeness (QED) is 0.686. The number of alkyl halides is 2. The SMILES string of the molecule is CC(F)(F)[C@@H]1CCNC[C@@H]1C(=O)O. The van der Waals surface area contributed by atoms with E-state index in [1.54, 1.807) is 0 Å². The van der Waals surface area contributed by atoms with Crippen LogP contribution in [0.3, 0.4) is 0 Å². The number of carboxylic acid groups (broad SMARTS) is 1. The van der Waals surface area contributed by atoms with Gasteiger partial charge in [-0.1, -0.05) is 0 Å². The van der Waals surface area contributed by atoms with Crippen molar-refractivity contribution in [3.63, 3.8) is 0 Å². The lowest BCUT2D eigenvalue weighted by Gasteiger charge is -2.33. The van der Waals surface area contributed by atoms with E-state index in [4.69, 9.17) is 5.11 Å². The van der Waals surface area contributed by atoms with Crippen LogP contribution < -0.4 is 5.32 Å². The van der Waals surface area contributed by atoms with Crippen LogP contribution in [0, 0.1) is 11.8 Å². The van der Waals surface area contributed by atoms with Crippen LogP contribution in [0.2, 0.25) is 0 Å².